The number of hydrogen-bond acceptors (Lipinski definition) is 5. The van der Waals surface area contributed by atoms with E-state index in [1.807, 2.05) is 25.1 Å². The molecule has 6 nitrogen and oxygen atoms in total. The molecule has 2 N–H and O–H groups in total. The summed E-state index contributed by atoms with van der Waals surface area (Å²) in [6, 6.07) is 14.6. The number of carbonyl (C=O) groups excluding carboxylic acids is 2. The van der Waals surface area contributed by atoms with Crippen LogP contribution in [0.3, 0.4) is 0 Å². The van der Waals surface area contributed by atoms with Crippen molar-refractivity contribution < 1.29 is 14.3 Å². The molecule has 0 saturated heterocycles. The van der Waals surface area contributed by atoms with E-state index in [1.165, 1.54) is 13.3 Å². The van der Waals surface area contributed by atoms with Gasteiger partial charge in [0.1, 0.15) is 0 Å². The van der Waals surface area contributed by atoms with Crippen molar-refractivity contribution in [3.05, 3.63) is 83.2 Å². The number of rotatable bonds is 6. The van der Waals surface area contributed by atoms with Gasteiger partial charge in [0.2, 0.25) is 0 Å². The van der Waals surface area contributed by atoms with Crippen LogP contribution in [0.25, 0.3) is 0 Å². The molecular weight excluding hydrogens is 366 g/mol. The summed E-state index contributed by atoms with van der Waals surface area (Å²) in [7, 11) is 1.34. The molecule has 0 aliphatic rings. The maximum absolute atomic E-state index is 12.8. The van der Waals surface area contributed by atoms with Crippen molar-refractivity contribution in [2.45, 2.75) is 20.3 Å². The van der Waals surface area contributed by atoms with Gasteiger partial charge in [0.05, 0.1) is 30.1 Å². The lowest BCUT2D eigenvalue weighted by Gasteiger charge is -2.13. The first-order valence-corrected chi connectivity index (χ1v) is 9.32. The van der Waals surface area contributed by atoms with Gasteiger partial charge in [0.15, 0.2) is 0 Å². The Morgan fingerprint density at radius 2 is 1.76 bits per heavy atom. The molecule has 0 fully saturated rings. The lowest BCUT2D eigenvalue weighted by atomic mass is 10.1. The Kier molecular flexibility index (Phi) is 6.24. The molecule has 3 aromatic rings. The molecule has 1 amide bonds. The zero-order chi connectivity index (χ0) is 20.8. The highest BCUT2D eigenvalue weighted by Crippen LogP contribution is 2.23. The average Bonchev–Trinajstić information content (AvgIpc) is 2.75. The number of methoxy groups -OCH3 is 1. The van der Waals surface area contributed by atoms with Crippen LogP contribution in [-0.4, -0.2) is 24.0 Å². The lowest BCUT2D eigenvalue weighted by Crippen LogP contribution is -2.14. The van der Waals surface area contributed by atoms with Gasteiger partial charge in [0, 0.05) is 17.6 Å². The number of nitrogens with one attached hydrogen (secondary N) is 2. The third-order valence-corrected chi connectivity index (χ3v) is 4.57. The molecule has 0 aliphatic heterocycles. The first-order chi connectivity index (χ1) is 14.0. The Bertz CT molecular complexity index is 1030. The predicted molar refractivity (Wildman–Crippen MR) is 114 cm³/mol. The molecule has 0 saturated carbocycles. The Morgan fingerprint density at radius 1 is 1.00 bits per heavy atom. The maximum Gasteiger partial charge on any atom is 0.337 e. The molecule has 1 heterocycles. The molecule has 6 heteroatoms. The van der Waals surface area contributed by atoms with Gasteiger partial charge in [-0.3, -0.25) is 9.78 Å². The number of benzene rings is 2. The van der Waals surface area contributed by atoms with E-state index in [4.69, 9.17) is 4.74 Å². The second kappa shape index (κ2) is 9.01. The third kappa shape index (κ3) is 4.79. The number of aromatic nitrogens is 1. The van der Waals surface area contributed by atoms with E-state index in [0.717, 1.165) is 28.9 Å². The van der Waals surface area contributed by atoms with Crippen molar-refractivity contribution in [1.82, 2.24) is 4.98 Å². The van der Waals surface area contributed by atoms with Gasteiger partial charge in [-0.1, -0.05) is 25.1 Å². The van der Waals surface area contributed by atoms with Crippen molar-refractivity contribution in [3.63, 3.8) is 0 Å². The molecule has 1 aromatic heterocycles. The van der Waals surface area contributed by atoms with Crippen molar-refractivity contribution in [1.29, 1.82) is 0 Å². The largest absolute Gasteiger partial charge is 0.465 e. The number of amides is 1. The van der Waals surface area contributed by atoms with Crippen LogP contribution < -0.4 is 10.6 Å². The Labute approximate surface area is 169 Å². The fourth-order valence-corrected chi connectivity index (χ4v) is 2.99. The summed E-state index contributed by atoms with van der Waals surface area (Å²) in [5, 5.41) is 6.19. The van der Waals surface area contributed by atoms with Gasteiger partial charge < -0.3 is 15.4 Å². The molecule has 29 heavy (non-hydrogen) atoms. The maximum atomic E-state index is 12.8. The van der Waals surface area contributed by atoms with Crippen LogP contribution in [0.15, 0.2) is 60.9 Å². The topological polar surface area (TPSA) is 80.3 Å². The summed E-state index contributed by atoms with van der Waals surface area (Å²) < 4.78 is 4.70. The molecule has 148 valence electrons. The number of aryl methyl sites for hydroxylation is 2. The summed E-state index contributed by atoms with van der Waals surface area (Å²) >= 11 is 0. The first-order valence-electron chi connectivity index (χ1n) is 9.32. The monoisotopic (exact) mass is 389 g/mol. The van der Waals surface area contributed by atoms with Gasteiger partial charge in [-0.25, -0.2) is 4.79 Å². The van der Waals surface area contributed by atoms with Crippen LogP contribution >= 0.6 is 0 Å². The highest BCUT2D eigenvalue weighted by molar-refractivity contribution is 6.05. The number of nitrogens with zero attached hydrogens (tertiary/aromatic N) is 1. The molecule has 0 unspecified atom stereocenters. The fourth-order valence-electron chi connectivity index (χ4n) is 2.99. The van der Waals surface area contributed by atoms with E-state index in [0.29, 0.717) is 16.8 Å². The highest BCUT2D eigenvalue weighted by Gasteiger charge is 2.12. The number of hydrogen-bond donors (Lipinski definition) is 2. The number of pyridine rings is 1. The zero-order valence-electron chi connectivity index (χ0n) is 16.7. The number of ether oxygens (including phenoxy) is 1. The first kappa shape index (κ1) is 20.1. The van der Waals surface area contributed by atoms with Crippen LogP contribution in [0.4, 0.5) is 17.1 Å². The van der Waals surface area contributed by atoms with E-state index >= 15 is 0 Å². The summed E-state index contributed by atoms with van der Waals surface area (Å²) in [4.78, 5) is 28.5. The van der Waals surface area contributed by atoms with Gasteiger partial charge in [-0.05, 0) is 54.8 Å². The molecule has 0 spiro atoms. The zero-order valence-corrected chi connectivity index (χ0v) is 16.7. The second-order valence-corrected chi connectivity index (χ2v) is 6.57. The van der Waals surface area contributed by atoms with E-state index in [-0.39, 0.29) is 11.9 Å². The smallest absolute Gasteiger partial charge is 0.337 e. The Hall–Kier alpha value is -3.67. The number of para-hydroxylation sites is 1. The van der Waals surface area contributed by atoms with Crippen LogP contribution in [0, 0.1) is 6.92 Å². The highest BCUT2D eigenvalue weighted by atomic mass is 16.5. The molecule has 0 atom stereocenters. The lowest BCUT2D eigenvalue weighted by molar-refractivity contribution is 0.0600. The van der Waals surface area contributed by atoms with Crippen molar-refractivity contribution >= 4 is 28.9 Å². The van der Waals surface area contributed by atoms with Crippen LogP contribution in [-0.2, 0) is 11.2 Å². The Morgan fingerprint density at radius 3 is 2.45 bits per heavy atom. The van der Waals surface area contributed by atoms with Crippen LogP contribution in [0.5, 0.6) is 0 Å². The van der Waals surface area contributed by atoms with Gasteiger partial charge in [0.25, 0.3) is 5.91 Å². The SMILES string of the molecule is CCc1cccc(C)c1NC(=O)c1cncc(Nc2ccc(C(=O)OC)cc2)c1. The number of esters is 1. The quantitative estimate of drug-likeness (QED) is 0.596. The van der Waals surface area contributed by atoms with Crippen LogP contribution in [0.1, 0.15) is 38.8 Å². The van der Waals surface area contributed by atoms with E-state index < -0.39 is 0 Å². The van der Waals surface area contributed by atoms with Gasteiger partial charge in [-0.2, -0.15) is 0 Å². The summed E-state index contributed by atoms with van der Waals surface area (Å²) in [6.45, 7) is 4.03. The van der Waals surface area contributed by atoms with E-state index in [1.54, 1.807) is 36.5 Å². The fraction of sp³-hybridized carbons (Fsp3) is 0.174. The summed E-state index contributed by atoms with van der Waals surface area (Å²) in [5.41, 5.74) is 5.31. The number of anilines is 3. The standard InChI is InChI=1S/C23H23N3O3/c1-4-16-7-5-6-15(2)21(16)26-22(27)18-12-20(14-24-13-18)25-19-10-8-17(9-11-19)23(28)29-3/h5-14,25H,4H2,1-3H3,(H,26,27). The Balaban J connectivity index is 1.76. The molecule has 0 aliphatic carbocycles. The minimum atomic E-state index is -0.389. The molecule has 2 aromatic carbocycles. The third-order valence-electron chi connectivity index (χ3n) is 4.57. The summed E-state index contributed by atoms with van der Waals surface area (Å²) in [6.07, 6.45) is 4.00. The van der Waals surface area contributed by atoms with Crippen molar-refractivity contribution in [2.75, 3.05) is 17.7 Å². The normalized spacial score (nSPS) is 10.3. The molecule has 3 rings (SSSR count). The van der Waals surface area contributed by atoms with Gasteiger partial charge in [-0.15, -0.1) is 0 Å². The molecule has 0 radical (unpaired) electrons. The van der Waals surface area contributed by atoms with E-state index in [2.05, 4.69) is 22.5 Å². The molecular formula is C23H23N3O3. The van der Waals surface area contributed by atoms with Crippen LogP contribution in [0.2, 0.25) is 0 Å². The predicted octanol–water partition coefficient (Wildman–Crippen LogP) is 4.73. The van der Waals surface area contributed by atoms with Crippen molar-refractivity contribution in [2.24, 2.45) is 0 Å². The molecule has 0 bridgehead atoms. The number of carbonyl (C=O) groups is 2. The average molecular weight is 389 g/mol. The minimum Gasteiger partial charge on any atom is -0.465 e. The summed E-state index contributed by atoms with van der Waals surface area (Å²) in [5.74, 6) is -0.606. The second-order valence-electron chi connectivity index (χ2n) is 6.57. The van der Waals surface area contributed by atoms with Gasteiger partial charge >= 0.3 is 5.97 Å². The van der Waals surface area contributed by atoms with E-state index in [9.17, 15) is 9.59 Å². The minimum absolute atomic E-state index is 0.216. The van der Waals surface area contributed by atoms with Crippen molar-refractivity contribution in [3.8, 4) is 0 Å².